The van der Waals surface area contributed by atoms with Gasteiger partial charge in [-0.2, -0.15) is 0 Å². The highest BCUT2D eigenvalue weighted by molar-refractivity contribution is 7.84. The van der Waals surface area contributed by atoms with Crippen molar-refractivity contribution in [2.75, 3.05) is 29.6 Å². The molecule has 0 aliphatic heterocycles. The third-order valence-corrected chi connectivity index (χ3v) is 2.62. The van der Waals surface area contributed by atoms with Crippen molar-refractivity contribution in [1.82, 2.24) is 5.32 Å². The van der Waals surface area contributed by atoms with Gasteiger partial charge in [0.15, 0.2) is 0 Å². The molecule has 2 amide bonds. The van der Waals surface area contributed by atoms with Crippen LogP contribution in [0.2, 0.25) is 0 Å². The smallest absolute Gasteiger partial charge is 0.319 e. The number of amides is 2. The van der Waals surface area contributed by atoms with Crippen LogP contribution in [0.25, 0.3) is 0 Å². The minimum Gasteiger partial charge on any atom is -0.399 e. The zero-order valence-electron chi connectivity index (χ0n) is 9.03. The Hall–Kier alpha value is -1.56. The summed E-state index contributed by atoms with van der Waals surface area (Å²) >= 11 is 0. The van der Waals surface area contributed by atoms with Gasteiger partial charge in [-0.05, 0) is 24.3 Å². The van der Waals surface area contributed by atoms with E-state index < -0.39 is 10.8 Å². The van der Waals surface area contributed by atoms with E-state index in [2.05, 4.69) is 10.6 Å². The summed E-state index contributed by atoms with van der Waals surface area (Å²) in [4.78, 5) is 11.3. The van der Waals surface area contributed by atoms with Gasteiger partial charge < -0.3 is 16.4 Å². The summed E-state index contributed by atoms with van der Waals surface area (Å²) in [7, 11) is -0.891. The fourth-order valence-electron chi connectivity index (χ4n) is 1.05. The quantitative estimate of drug-likeness (QED) is 0.681. The van der Waals surface area contributed by atoms with E-state index in [1.165, 1.54) is 0 Å². The van der Waals surface area contributed by atoms with E-state index in [1.54, 1.807) is 30.5 Å². The summed E-state index contributed by atoms with van der Waals surface area (Å²) in [6.07, 6.45) is 1.60. The molecule has 1 unspecified atom stereocenters. The van der Waals surface area contributed by atoms with E-state index in [0.29, 0.717) is 23.7 Å². The maximum atomic E-state index is 11.3. The summed E-state index contributed by atoms with van der Waals surface area (Å²) < 4.78 is 10.7. The number of urea groups is 1. The normalized spacial score (nSPS) is 11.8. The molecule has 5 nitrogen and oxygen atoms in total. The van der Waals surface area contributed by atoms with Crippen molar-refractivity contribution >= 4 is 28.2 Å². The monoisotopic (exact) mass is 241 g/mol. The third kappa shape index (κ3) is 4.79. The van der Waals surface area contributed by atoms with Gasteiger partial charge in [0, 0.05) is 40.7 Å². The highest BCUT2D eigenvalue weighted by Crippen LogP contribution is 2.09. The van der Waals surface area contributed by atoms with Gasteiger partial charge in [-0.15, -0.1) is 0 Å². The number of hydrogen-bond acceptors (Lipinski definition) is 3. The Kier molecular flexibility index (Phi) is 4.78. The minimum absolute atomic E-state index is 0.310. The molecule has 4 N–H and O–H groups in total. The zero-order valence-corrected chi connectivity index (χ0v) is 9.84. The van der Waals surface area contributed by atoms with Crippen LogP contribution >= 0.6 is 0 Å². The first kappa shape index (κ1) is 12.5. The predicted octanol–water partition coefficient (Wildman–Crippen LogP) is 0.769. The fraction of sp³-hybridized carbons (Fsp3) is 0.300. The highest BCUT2D eigenvalue weighted by Gasteiger charge is 2.00. The summed E-state index contributed by atoms with van der Waals surface area (Å²) in [6.45, 7) is 0.393. The molecule has 1 atom stereocenters. The molecule has 0 saturated heterocycles. The Morgan fingerprint density at radius 3 is 2.56 bits per heavy atom. The summed E-state index contributed by atoms with van der Waals surface area (Å²) in [5, 5.41) is 5.24. The van der Waals surface area contributed by atoms with Gasteiger partial charge in [-0.1, -0.05) is 0 Å². The average Bonchev–Trinajstić information content (AvgIpc) is 2.21. The number of nitrogens with one attached hydrogen (secondary N) is 2. The van der Waals surface area contributed by atoms with Crippen LogP contribution in [0.3, 0.4) is 0 Å². The molecular formula is C10H15N3O2S. The SMILES string of the molecule is CS(=O)CCNC(=O)Nc1ccc(N)cc1. The molecule has 0 radical (unpaired) electrons. The van der Waals surface area contributed by atoms with Crippen molar-refractivity contribution in [3.8, 4) is 0 Å². The van der Waals surface area contributed by atoms with Crippen LogP contribution < -0.4 is 16.4 Å². The lowest BCUT2D eigenvalue weighted by atomic mass is 10.3. The van der Waals surface area contributed by atoms with E-state index >= 15 is 0 Å². The number of rotatable bonds is 4. The molecule has 6 heteroatoms. The van der Waals surface area contributed by atoms with Crippen LogP contribution in [0.1, 0.15) is 0 Å². The van der Waals surface area contributed by atoms with Gasteiger partial charge in [0.25, 0.3) is 0 Å². The van der Waals surface area contributed by atoms with Gasteiger partial charge in [-0.3, -0.25) is 4.21 Å². The third-order valence-electron chi connectivity index (χ3n) is 1.84. The molecule has 0 bridgehead atoms. The molecule has 0 aliphatic rings. The number of hydrogen-bond donors (Lipinski definition) is 3. The lowest BCUT2D eigenvalue weighted by Gasteiger charge is -2.06. The van der Waals surface area contributed by atoms with Crippen molar-refractivity contribution in [3.63, 3.8) is 0 Å². The van der Waals surface area contributed by atoms with Crippen molar-refractivity contribution in [1.29, 1.82) is 0 Å². The maximum Gasteiger partial charge on any atom is 0.319 e. The van der Waals surface area contributed by atoms with E-state index in [0.717, 1.165) is 0 Å². The van der Waals surface area contributed by atoms with Crippen molar-refractivity contribution in [3.05, 3.63) is 24.3 Å². The summed E-state index contributed by atoms with van der Waals surface area (Å²) in [5.74, 6) is 0.454. The number of benzene rings is 1. The van der Waals surface area contributed by atoms with Crippen LogP contribution in [-0.4, -0.2) is 28.8 Å². The average molecular weight is 241 g/mol. The first-order valence-electron chi connectivity index (χ1n) is 4.78. The van der Waals surface area contributed by atoms with Gasteiger partial charge in [0.05, 0.1) is 0 Å². The van der Waals surface area contributed by atoms with Gasteiger partial charge in [-0.25, -0.2) is 4.79 Å². The van der Waals surface area contributed by atoms with E-state index in [-0.39, 0.29) is 6.03 Å². The predicted molar refractivity (Wildman–Crippen MR) is 66.8 cm³/mol. The molecule has 0 aliphatic carbocycles. The number of anilines is 2. The molecule has 88 valence electrons. The second-order valence-electron chi connectivity index (χ2n) is 3.28. The van der Waals surface area contributed by atoms with Crippen LogP contribution in [0.5, 0.6) is 0 Å². The van der Waals surface area contributed by atoms with Crippen LogP contribution in [0.4, 0.5) is 16.2 Å². The Bertz CT molecular complexity index is 378. The highest BCUT2D eigenvalue weighted by atomic mass is 32.2. The number of nitrogens with two attached hydrogens (primary N) is 1. The van der Waals surface area contributed by atoms with Crippen molar-refractivity contribution in [2.24, 2.45) is 0 Å². The molecule has 1 aromatic rings. The Labute approximate surface area is 96.9 Å². The Morgan fingerprint density at radius 2 is 2.00 bits per heavy atom. The fourth-order valence-corrected chi connectivity index (χ4v) is 1.44. The molecule has 16 heavy (non-hydrogen) atoms. The molecule has 0 fully saturated rings. The van der Waals surface area contributed by atoms with Crippen molar-refractivity contribution in [2.45, 2.75) is 0 Å². The van der Waals surface area contributed by atoms with Gasteiger partial charge in [0.1, 0.15) is 0 Å². The van der Waals surface area contributed by atoms with E-state index in [4.69, 9.17) is 5.73 Å². The first-order valence-corrected chi connectivity index (χ1v) is 6.51. The Morgan fingerprint density at radius 1 is 1.38 bits per heavy atom. The first-order chi connectivity index (χ1) is 7.58. The van der Waals surface area contributed by atoms with Crippen molar-refractivity contribution < 1.29 is 9.00 Å². The molecule has 0 aromatic heterocycles. The largest absolute Gasteiger partial charge is 0.399 e. The molecule has 1 rings (SSSR count). The maximum absolute atomic E-state index is 11.3. The zero-order chi connectivity index (χ0) is 12.0. The topological polar surface area (TPSA) is 84.2 Å². The van der Waals surface area contributed by atoms with Crippen LogP contribution in [0.15, 0.2) is 24.3 Å². The van der Waals surface area contributed by atoms with Crippen LogP contribution in [0, 0.1) is 0 Å². The number of carbonyl (C=O) groups is 1. The van der Waals surface area contributed by atoms with E-state index in [1.807, 2.05) is 0 Å². The van der Waals surface area contributed by atoms with Gasteiger partial charge in [0.2, 0.25) is 0 Å². The van der Waals surface area contributed by atoms with Gasteiger partial charge >= 0.3 is 6.03 Å². The lowest BCUT2D eigenvalue weighted by molar-refractivity contribution is 0.252. The standard InChI is InChI=1S/C10H15N3O2S/c1-16(15)7-6-12-10(14)13-9-4-2-8(11)3-5-9/h2-5H,6-7,11H2,1H3,(H2,12,13,14). The molecular weight excluding hydrogens is 226 g/mol. The Balaban J connectivity index is 2.34. The van der Waals surface area contributed by atoms with Crippen LogP contribution in [-0.2, 0) is 10.8 Å². The number of nitrogen functional groups attached to an aromatic ring is 1. The summed E-state index contributed by atoms with van der Waals surface area (Å²) in [5.41, 5.74) is 6.83. The molecule has 0 saturated carbocycles. The molecule has 0 spiro atoms. The second kappa shape index (κ2) is 6.12. The lowest BCUT2D eigenvalue weighted by Crippen LogP contribution is -2.31. The minimum atomic E-state index is -0.891. The molecule has 1 aromatic carbocycles. The number of carbonyl (C=O) groups excluding carboxylic acids is 1. The van der Waals surface area contributed by atoms with E-state index in [9.17, 15) is 9.00 Å². The second-order valence-corrected chi connectivity index (χ2v) is 4.83. The molecule has 0 heterocycles. The summed E-state index contributed by atoms with van der Waals surface area (Å²) in [6, 6.07) is 6.53.